The van der Waals surface area contributed by atoms with Gasteiger partial charge in [0.05, 0.1) is 5.92 Å². The van der Waals surface area contributed by atoms with E-state index < -0.39 is 11.9 Å². The molecule has 0 aromatic carbocycles. The number of carboxylic acid groups (broad SMARTS) is 1. The minimum absolute atomic E-state index is 0.169. The van der Waals surface area contributed by atoms with Crippen molar-refractivity contribution in [3.63, 3.8) is 0 Å². The molecule has 0 aromatic heterocycles. The number of hydrogen-bond donors (Lipinski definition) is 2. The fourth-order valence-electron chi connectivity index (χ4n) is 3.55. The fourth-order valence-corrected chi connectivity index (χ4v) is 3.81. The predicted octanol–water partition coefficient (Wildman–Crippen LogP) is 7.34. The maximum atomic E-state index is 12.4. The van der Waals surface area contributed by atoms with Crippen LogP contribution in [0.5, 0.6) is 0 Å². The van der Waals surface area contributed by atoms with Gasteiger partial charge in [0.2, 0.25) is 5.91 Å². The van der Waals surface area contributed by atoms with E-state index in [9.17, 15) is 14.7 Å². The van der Waals surface area contributed by atoms with Crippen molar-refractivity contribution in [1.29, 1.82) is 0 Å². The smallest absolute Gasteiger partial charge is 0.312 e. The monoisotopic (exact) mass is 483 g/mol. The van der Waals surface area contributed by atoms with Crippen molar-refractivity contribution in [2.24, 2.45) is 5.92 Å². The zero-order valence-corrected chi connectivity index (χ0v) is 21.2. The Kier molecular flexibility index (Phi) is 15.1. The van der Waals surface area contributed by atoms with E-state index in [0.717, 1.165) is 24.0 Å². The van der Waals surface area contributed by atoms with Gasteiger partial charge in [-0.3, -0.25) is 9.59 Å². The third-order valence-electron chi connectivity index (χ3n) is 5.40. The quantitative estimate of drug-likeness (QED) is 0.252. The van der Waals surface area contributed by atoms with Gasteiger partial charge in [-0.1, -0.05) is 81.2 Å². The number of halogens is 1. The van der Waals surface area contributed by atoms with Crippen LogP contribution in [-0.4, -0.2) is 22.9 Å². The molecule has 184 valence electrons. The molecule has 0 radical (unpaired) electrons. The molecule has 1 atom stereocenters. The third kappa shape index (κ3) is 10.8. The molecule has 0 bridgehead atoms. The average Bonchev–Trinajstić information content (AvgIpc) is 3.05. The van der Waals surface area contributed by atoms with Crippen LogP contribution in [0, 0.1) is 5.92 Å². The second-order valence-electron chi connectivity index (χ2n) is 7.72. The Hall–Kier alpha value is -2.85. The standard InChI is InChI=1S/C27H32ClNO3.C2H6/c1-2-21(18-19-23(20-28)22-13-7-4-3-5-8-14-22)12-11-17-26(30)29-25-16-10-6-9-15-24(25)27(31)32;1-2/h2-7,10,14,16,18-19,24H,1,8-9,11-13,15,17,20H2,(H,29,30)(H,31,32);1-2H3/b5-3-,7-4?,21-18+,22-14+,23-19+;. The molecule has 0 saturated carbocycles. The number of carbonyl (C=O) groups is 2. The van der Waals surface area contributed by atoms with E-state index in [1.807, 2.05) is 38.2 Å². The largest absolute Gasteiger partial charge is 0.481 e. The molecule has 2 rings (SSSR count). The summed E-state index contributed by atoms with van der Waals surface area (Å²) in [6, 6.07) is 0. The van der Waals surface area contributed by atoms with Gasteiger partial charge in [0.15, 0.2) is 0 Å². The Morgan fingerprint density at radius 3 is 2.62 bits per heavy atom. The lowest BCUT2D eigenvalue weighted by molar-refractivity contribution is -0.140. The lowest BCUT2D eigenvalue weighted by Gasteiger charge is -2.15. The Balaban J connectivity index is 0.00000281. The van der Waals surface area contributed by atoms with Crippen LogP contribution in [0.2, 0.25) is 0 Å². The van der Waals surface area contributed by atoms with E-state index in [2.05, 4.69) is 36.2 Å². The molecule has 0 fully saturated rings. The molecule has 0 spiro atoms. The van der Waals surface area contributed by atoms with E-state index in [1.54, 1.807) is 18.2 Å². The van der Waals surface area contributed by atoms with Crippen molar-refractivity contribution in [2.75, 3.05) is 5.88 Å². The highest BCUT2D eigenvalue weighted by molar-refractivity contribution is 6.19. The van der Waals surface area contributed by atoms with Crippen LogP contribution in [0.15, 0.2) is 95.8 Å². The lowest BCUT2D eigenvalue weighted by Crippen LogP contribution is -2.30. The molecule has 0 aromatic rings. The number of allylic oxidation sites excluding steroid dienone is 14. The predicted molar refractivity (Wildman–Crippen MR) is 144 cm³/mol. The summed E-state index contributed by atoms with van der Waals surface area (Å²) < 4.78 is 0. The minimum atomic E-state index is -0.912. The van der Waals surface area contributed by atoms with Crippen LogP contribution in [0.1, 0.15) is 58.8 Å². The van der Waals surface area contributed by atoms with E-state index >= 15 is 0 Å². The first-order valence-corrected chi connectivity index (χ1v) is 12.6. The molecular formula is C29H38ClNO3. The van der Waals surface area contributed by atoms with Gasteiger partial charge in [-0.05, 0) is 61.3 Å². The topological polar surface area (TPSA) is 66.4 Å². The van der Waals surface area contributed by atoms with Crippen molar-refractivity contribution in [3.05, 3.63) is 95.8 Å². The van der Waals surface area contributed by atoms with Crippen molar-refractivity contribution >= 4 is 23.5 Å². The lowest BCUT2D eigenvalue weighted by atomic mass is 9.99. The van der Waals surface area contributed by atoms with Gasteiger partial charge in [-0.2, -0.15) is 0 Å². The fraction of sp³-hybridized carbons (Fsp3) is 0.379. The van der Waals surface area contributed by atoms with E-state index in [4.69, 9.17) is 11.6 Å². The molecule has 0 aliphatic heterocycles. The van der Waals surface area contributed by atoms with Crippen molar-refractivity contribution < 1.29 is 14.7 Å². The number of amides is 1. The molecule has 4 nitrogen and oxygen atoms in total. The molecule has 2 N–H and O–H groups in total. The second-order valence-corrected chi connectivity index (χ2v) is 7.98. The zero-order chi connectivity index (χ0) is 25.2. The first-order valence-electron chi connectivity index (χ1n) is 12.0. The number of rotatable bonds is 10. The maximum absolute atomic E-state index is 12.4. The van der Waals surface area contributed by atoms with Gasteiger partial charge in [0, 0.05) is 18.0 Å². The first-order chi connectivity index (χ1) is 16.5. The number of hydrogen-bond acceptors (Lipinski definition) is 2. The van der Waals surface area contributed by atoms with E-state index in [-0.39, 0.29) is 5.91 Å². The summed E-state index contributed by atoms with van der Waals surface area (Å²) in [5.74, 6) is -1.33. The Bertz CT molecular complexity index is 900. The highest BCUT2D eigenvalue weighted by Crippen LogP contribution is 2.21. The molecule has 0 heterocycles. The SMILES string of the molecule is C=C\C(=C/C=C(CCl)/C1=C/C/C=C\C=CC1)CCCC(=O)NC1=CC=CCCC1C(=O)O.CC. The molecule has 5 heteroatoms. The normalized spacial score (nSPS) is 20.9. The molecule has 0 saturated heterocycles. The molecule has 34 heavy (non-hydrogen) atoms. The van der Waals surface area contributed by atoms with Crippen LogP contribution in [-0.2, 0) is 9.59 Å². The van der Waals surface area contributed by atoms with Crippen LogP contribution in [0.3, 0.4) is 0 Å². The third-order valence-corrected chi connectivity index (χ3v) is 5.69. The summed E-state index contributed by atoms with van der Waals surface area (Å²) in [7, 11) is 0. The maximum Gasteiger partial charge on any atom is 0.312 e. The van der Waals surface area contributed by atoms with Gasteiger partial charge in [-0.25, -0.2) is 0 Å². The minimum Gasteiger partial charge on any atom is -0.481 e. The van der Waals surface area contributed by atoms with Gasteiger partial charge in [0.1, 0.15) is 0 Å². The molecular weight excluding hydrogens is 446 g/mol. The van der Waals surface area contributed by atoms with Crippen molar-refractivity contribution in [2.45, 2.75) is 58.8 Å². The highest BCUT2D eigenvalue weighted by atomic mass is 35.5. The van der Waals surface area contributed by atoms with Gasteiger partial charge in [-0.15, -0.1) is 11.6 Å². The Morgan fingerprint density at radius 1 is 1.15 bits per heavy atom. The highest BCUT2D eigenvalue weighted by Gasteiger charge is 2.23. The van der Waals surface area contributed by atoms with Crippen LogP contribution in [0.4, 0.5) is 0 Å². The molecule has 1 amide bonds. The molecule has 2 aliphatic carbocycles. The van der Waals surface area contributed by atoms with Gasteiger partial charge >= 0.3 is 5.97 Å². The van der Waals surface area contributed by atoms with Crippen LogP contribution < -0.4 is 5.32 Å². The van der Waals surface area contributed by atoms with Crippen LogP contribution >= 0.6 is 11.6 Å². The summed E-state index contributed by atoms with van der Waals surface area (Å²) in [6.07, 6.45) is 26.3. The average molecular weight is 484 g/mol. The Morgan fingerprint density at radius 2 is 1.91 bits per heavy atom. The summed E-state index contributed by atoms with van der Waals surface area (Å²) in [5, 5.41) is 12.2. The Labute approximate surface area is 209 Å². The van der Waals surface area contributed by atoms with Crippen LogP contribution in [0.25, 0.3) is 0 Å². The molecule has 2 aliphatic rings. The second kappa shape index (κ2) is 17.6. The van der Waals surface area contributed by atoms with Crippen molar-refractivity contribution in [3.8, 4) is 0 Å². The number of carboxylic acids is 1. The number of nitrogens with one attached hydrogen (secondary N) is 1. The van der Waals surface area contributed by atoms with Gasteiger partial charge < -0.3 is 10.4 Å². The number of aliphatic carboxylic acids is 1. The summed E-state index contributed by atoms with van der Waals surface area (Å²) in [4.78, 5) is 23.9. The molecule has 1 unspecified atom stereocenters. The summed E-state index contributed by atoms with van der Waals surface area (Å²) in [5.41, 5.74) is 3.79. The number of carbonyl (C=O) groups excluding carboxylic acids is 1. The summed E-state index contributed by atoms with van der Waals surface area (Å²) >= 11 is 6.19. The zero-order valence-electron chi connectivity index (χ0n) is 20.4. The van der Waals surface area contributed by atoms with Gasteiger partial charge in [0.25, 0.3) is 0 Å². The van der Waals surface area contributed by atoms with E-state index in [0.29, 0.717) is 43.7 Å². The van der Waals surface area contributed by atoms with Crippen molar-refractivity contribution in [1.82, 2.24) is 5.32 Å². The first kappa shape index (κ1) is 29.2. The van der Waals surface area contributed by atoms with E-state index in [1.165, 1.54) is 5.57 Å². The number of alkyl halides is 1. The summed E-state index contributed by atoms with van der Waals surface area (Å²) in [6.45, 7) is 7.89.